The second-order valence-electron chi connectivity index (χ2n) is 4.47. The maximum Gasteiger partial charge on any atom is 0.333 e. The van der Waals surface area contributed by atoms with E-state index in [9.17, 15) is 9.59 Å². The molecule has 100 valence electrons. The van der Waals surface area contributed by atoms with E-state index in [-0.39, 0.29) is 0 Å². The molecule has 0 unspecified atom stereocenters. The Morgan fingerprint density at radius 1 is 0.950 bits per heavy atom. The lowest BCUT2D eigenvalue weighted by Gasteiger charge is -2.07. The Morgan fingerprint density at radius 2 is 1.70 bits per heavy atom. The molecule has 5 N–H and O–H groups in total. The van der Waals surface area contributed by atoms with Crippen LogP contribution in [0.4, 0.5) is 11.4 Å². The number of aromatic amines is 1. The van der Waals surface area contributed by atoms with Crippen LogP contribution in [0.25, 0.3) is 16.6 Å². The van der Waals surface area contributed by atoms with E-state index in [1.54, 1.807) is 42.5 Å². The summed E-state index contributed by atoms with van der Waals surface area (Å²) in [6, 6.07) is 11.4. The number of nitrogens with zero attached hydrogens (tertiary/aromatic N) is 1. The largest absolute Gasteiger partial charge is 0.399 e. The molecule has 1 heterocycles. The highest BCUT2D eigenvalue weighted by Crippen LogP contribution is 2.12. The summed E-state index contributed by atoms with van der Waals surface area (Å²) in [4.78, 5) is 27.2. The minimum Gasteiger partial charge on any atom is -0.399 e. The Kier molecular flexibility index (Phi) is 2.57. The zero-order chi connectivity index (χ0) is 14.3. The first-order chi connectivity index (χ1) is 9.56. The maximum atomic E-state index is 12.4. The monoisotopic (exact) mass is 268 g/mol. The first-order valence-electron chi connectivity index (χ1n) is 5.97. The van der Waals surface area contributed by atoms with Gasteiger partial charge in [-0.15, -0.1) is 0 Å². The van der Waals surface area contributed by atoms with Crippen molar-refractivity contribution in [3.8, 4) is 5.69 Å². The zero-order valence-electron chi connectivity index (χ0n) is 10.5. The van der Waals surface area contributed by atoms with Crippen molar-refractivity contribution in [1.29, 1.82) is 0 Å². The van der Waals surface area contributed by atoms with Crippen molar-refractivity contribution in [3.05, 3.63) is 63.3 Å². The molecule has 0 bridgehead atoms. The molecule has 0 atom stereocenters. The van der Waals surface area contributed by atoms with Gasteiger partial charge in [0.2, 0.25) is 0 Å². The van der Waals surface area contributed by atoms with Crippen LogP contribution in [0.5, 0.6) is 0 Å². The molecular formula is C14H12N4O2. The number of fused-ring (bicyclic) bond motifs is 1. The molecule has 0 fully saturated rings. The van der Waals surface area contributed by atoms with E-state index < -0.39 is 11.2 Å². The molecule has 3 aromatic rings. The molecule has 6 nitrogen and oxygen atoms in total. The van der Waals surface area contributed by atoms with Crippen LogP contribution in [0.2, 0.25) is 0 Å². The number of anilines is 2. The van der Waals surface area contributed by atoms with Gasteiger partial charge in [0.1, 0.15) is 0 Å². The van der Waals surface area contributed by atoms with Crippen molar-refractivity contribution < 1.29 is 0 Å². The summed E-state index contributed by atoms with van der Waals surface area (Å²) in [5.41, 5.74) is 12.2. The highest BCUT2D eigenvalue weighted by molar-refractivity contribution is 5.80. The standard InChI is InChI=1S/C14H12N4O2/c15-8-2-1-3-10(6-8)18-13(19)11-5-4-9(16)7-12(11)17-14(18)20/h1-7H,15-16H2,(H,17,20). The fourth-order valence-electron chi connectivity index (χ4n) is 2.13. The molecule has 2 aromatic carbocycles. The van der Waals surface area contributed by atoms with E-state index in [1.807, 2.05) is 0 Å². The van der Waals surface area contributed by atoms with E-state index in [0.29, 0.717) is 28.0 Å². The molecule has 0 amide bonds. The average molecular weight is 268 g/mol. The van der Waals surface area contributed by atoms with Gasteiger partial charge >= 0.3 is 5.69 Å². The van der Waals surface area contributed by atoms with Gasteiger partial charge in [0.25, 0.3) is 5.56 Å². The lowest BCUT2D eigenvalue weighted by molar-refractivity contribution is 0.902. The Bertz CT molecular complexity index is 924. The quantitative estimate of drug-likeness (QED) is 0.568. The van der Waals surface area contributed by atoms with Crippen LogP contribution in [-0.2, 0) is 0 Å². The van der Waals surface area contributed by atoms with Crippen molar-refractivity contribution in [2.75, 3.05) is 11.5 Å². The highest BCUT2D eigenvalue weighted by atomic mass is 16.2. The second-order valence-corrected chi connectivity index (χ2v) is 4.47. The topological polar surface area (TPSA) is 107 Å². The number of benzene rings is 2. The van der Waals surface area contributed by atoms with E-state index in [4.69, 9.17) is 11.5 Å². The summed E-state index contributed by atoms with van der Waals surface area (Å²) in [5.74, 6) is 0. The van der Waals surface area contributed by atoms with E-state index in [2.05, 4.69) is 4.98 Å². The van der Waals surface area contributed by atoms with Crippen molar-refractivity contribution in [1.82, 2.24) is 9.55 Å². The first kappa shape index (κ1) is 12.0. The minimum absolute atomic E-state index is 0.390. The number of nitrogen functional groups attached to an aromatic ring is 2. The fraction of sp³-hybridized carbons (Fsp3) is 0. The van der Waals surface area contributed by atoms with Crippen molar-refractivity contribution in [3.63, 3.8) is 0 Å². The molecule has 0 aliphatic carbocycles. The van der Waals surface area contributed by atoms with Gasteiger partial charge < -0.3 is 16.5 Å². The predicted octanol–water partition coefficient (Wildman–Crippen LogP) is 0.843. The number of nitrogens with one attached hydrogen (secondary N) is 1. The summed E-state index contributed by atoms with van der Waals surface area (Å²) >= 11 is 0. The molecular weight excluding hydrogens is 256 g/mol. The average Bonchev–Trinajstić information content (AvgIpc) is 2.38. The third-order valence-corrected chi connectivity index (χ3v) is 3.05. The molecule has 1 aromatic heterocycles. The van der Waals surface area contributed by atoms with Gasteiger partial charge in [0.15, 0.2) is 0 Å². The third kappa shape index (κ3) is 1.83. The Morgan fingerprint density at radius 3 is 2.45 bits per heavy atom. The summed E-state index contributed by atoms with van der Waals surface area (Å²) < 4.78 is 1.05. The smallest absolute Gasteiger partial charge is 0.333 e. The fourth-order valence-corrected chi connectivity index (χ4v) is 2.13. The number of hydrogen-bond donors (Lipinski definition) is 3. The molecule has 3 rings (SSSR count). The van der Waals surface area contributed by atoms with Crippen LogP contribution in [0, 0.1) is 0 Å². The summed E-state index contributed by atoms with van der Waals surface area (Å²) in [6.07, 6.45) is 0. The zero-order valence-corrected chi connectivity index (χ0v) is 10.5. The van der Waals surface area contributed by atoms with Crippen molar-refractivity contribution in [2.24, 2.45) is 0 Å². The number of rotatable bonds is 1. The number of hydrogen-bond acceptors (Lipinski definition) is 4. The normalized spacial score (nSPS) is 10.8. The molecule has 20 heavy (non-hydrogen) atoms. The van der Waals surface area contributed by atoms with Crippen molar-refractivity contribution >= 4 is 22.3 Å². The van der Waals surface area contributed by atoms with Gasteiger partial charge in [-0.3, -0.25) is 4.79 Å². The van der Waals surface area contributed by atoms with Crippen LogP contribution < -0.4 is 22.7 Å². The first-order valence-corrected chi connectivity index (χ1v) is 5.97. The second kappa shape index (κ2) is 4.27. The minimum atomic E-state index is -0.529. The van der Waals surface area contributed by atoms with Gasteiger partial charge in [-0.05, 0) is 36.4 Å². The maximum absolute atomic E-state index is 12.4. The Labute approximate surface area is 113 Å². The SMILES string of the molecule is Nc1cccc(-n2c(=O)[nH]c3cc(N)ccc3c2=O)c1. The molecule has 0 spiro atoms. The summed E-state index contributed by atoms with van der Waals surface area (Å²) in [5, 5.41) is 0.390. The van der Waals surface area contributed by atoms with Crippen LogP contribution in [0.15, 0.2) is 52.1 Å². The molecule has 0 aliphatic rings. The van der Waals surface area contributed by atoms with Gasteiger partial charge in [0.05, 0.1) is 16.6 Å². The molecule has 0 aliphatic heterocycles. The van der Waals surface area contributed by atoms with E-state index in [1.165, 1.54) is 0 Å². The van der Waals surface area contributed by atoms with Crippen LogP contribution in [0.1, 0.15) is 0 Å². The summed E-state index contributed by atoms with van der Waals surface area (Å²) in [6.45, 7) is 0. The van der Waals surface area contributed by atoms with E-state index >= 15 is 0 Å². The Balaban J connectivity index is 2.41. The number of H-pyrrole nitrogens is 1. The van der Waals surface area contributed by atoms with Crippen molar-refractivity contribution in [2.45, 2.75) is 0 Å². The molecule has 0 saturated carbocycles. The number of nitrogens with two attached hydrogens (primary N) is 2. The predicted molar refractivity (Wildman–Crippen MR) is 79.0 cm³/mol. The molecule has 0 saturated heterocycles. The molecule has 0 radical (unpaired) electrons. The van der Waals surface area contributed by atoms with Gasteiger partial charge in [-0.2, -0.15) is 0 Å². The van der Waals surface area contributed by atoms with Gasteiger partial charge in [0, 0.05) is 11.4 Å². The van der Waals surface area contributed by atoms with Gasteiger partial charge in [-0.1, -0.05) is 6.07 Å². The number of aromatic nitrogens is 2. The van der Waals surface area contributed by atoms with Gasteiger partial charge in [-0.25, -0.2) is 9.36 Å². The highest BCUT2D eigenvalue weighted by Gasteiger charge is 2.09. The summed E-state index contributed by atoms with van der Waals surface area (Å²) in [7, 11) is 0. The lowest BCUT2D eigenvalue weighted by Crippen LogP contribution is -2.33. The lowest BCUT2D eigenvalue weighted by atomic mass is 10.2. The van der Waals surface area contributed by atoms with E-state index in [0.717, 1.165) is 4.57 Å². The third-order valence-electron chi connectivity index (χ3n) is 3.05. The van der Waals surface area contributed by atoms with Crippen LogP contribution in [0.3, 0.4) is 0 Å². The Hall–Kier alpha value is -3.02. The van der Waals surface area contributed by atoms with Crippen LogP contribution >= 0.6 is 0 Å². The molecule has 6 heteroatoms. The van der Waals surface area contributed by atoms with Crippen LogP contribution in [-0.4, -0.2) is 9.55 Å².